The van der Waals surface area contributed by atoms with E-state index in [1.54, 1.807) is 13.2 Å². The number of nitrogens with one attached hydrogen (secondary N) is 1. The van der Waals surface area contributed by atoms with Crippen molar-refractivity contribution in [2.45, 2.75) is 25.9 Å². The predicted molar refractivity (Wildman–Crippen MR) is 78.4 cm³/mol. The molecular weight excluding hydrogens is 238 g/mol. The van der Waals surface area contributed by atoms with Gasteiger partial charge in [0.05, 0.1) is 0 Å². The van der Waals surface area contributed by atoms with Gasteiger partial charge >= 0.3 is 0 Å². The van der Waals surface area contributed by atoms with Gasteiger partial charge < -0.3 is 15.2 Å². The fourth-order valence-corrected chi connectivity index (χ4v) is 2.18. The first-order chi connectivity index (χ1) is 9.22. The highest BCUT2D eigenvalue weighted by atomic mass is 16.5. The molecular formula is C16H21NO2. The Labute approximate surface area is 114 Å². The number of aromatic hydroxyl groups is 1. The van der Waals surface area contributed by atoms with E-state index < -0.39 is 0 Å². The van der Waals surface area contributed by atoms with Crippen molar-refractivity contribution in [3.05, 3.63) is 42.0 Å². The molecule has 3 nitrogen and oxygen atoms in total. The van der Waals surface area contributed by atoms with Crippen LogP contribution in [-0.2, 0) is 11.3 Å². The van der Waals surface area contributed by atoms with E-state index in [1.165, 1.54) is 0 Å². The van der Waals surface area contributed by atoms with Gasteiger partial charge in [0.15, 0.2) is 0 Å². The number of phenolic OH excluding ortho intramolecular Hbond substituents is 1. The van der Waals surface area contributed by atoms with Crippen molar-refractivity contribution in [1.82, 2.24) is 5.32 Å². The van der Waals surface area contributed by atoms with Crippen LogP contribution in [0.4, 0.5) is 0 Å². The van der Waals surface area contributed by atoms with Crippen molar-refractivity contribution in [2.24, 2.45) is 0 Å². The number of benzene rings is 2. The van der Waals surface area contributed by atoms with E-state index in [9.17, 15) is 5.11 Å². The molecule has 0 fully saturated rings. The zero-order valence-corrected chi connectivity index (χ0v) is 11.5. The molecule has 19 heavy (non-hydrogen) atoms. The fraction of sp³-hybridized carbons (Fsp3) is 0.375. The lowest BCUT2D eigenvalue weighted by atomic mass is 10.0. The molecule has 0 radical (unpaired) electrons. The Morgan fingerprint density at radius 2 is 2.00 bits per heavy atom. The minimum atomic E-state index is 0.352. The van der Waals surface area contributed by atoms with Gasteiger partial charge in [0.2, 0.25) is 0 Å². The van der Waals surface area contributed by atoms with E-state index in [2.05, 4.69) is 18.3 Å². The van der Waals surface area contributed by atoms with Crippen LogP contribution in [0.2, 0.25) is 0 Å². The number of fused-ring (bicyclic) bond motifs is 1. The first-order valence-corrected chi connectivity index (χ1v) is 6.64. The summed E-state index contributed by atoms with van der Waals surface area (Å²) in [5.74, 6) is 0.352. The van der Waals surface area contributed by atoms with Crippen molar-refractivity contribution in [2.75, 3.05) is 13.7 Å². The maximum Gasteiger partial charge on any atom is 0.120 e. The first kappa shape index (κ1) is 13.8. The van der Waals surface area contributed by atoms with E-state index in [-0.39, 0.29) is 0 Å². The molecule has 0 saturated heterocycles. The summed E-state index contributed by atoms with van der Waals surface area (Å²) < 4.78 is 5.07. The number of ether oxygens (including phenoxy) is 1. The smallest absolute Gasteiger partial charge is 0.120 e. The highest BCUT2D eigenvalue weighted by molar-refractivity contribution is 5.87. The summed E-state index contributed by atoms with van der Waals surface area (Å²) in [6.45, 7) is 3.54. The molecule has 0 aliphatic carbocycles. The second-order valence-corrected chi connectivity index (χ2v) is 4.85. The second-order valence-electron chi connectivity index (χ2n) is 4.85. The minimum Gasteiger partial charge on any atom is -0.508 e. The number of rotatable bonds is 6. The van der Waals surface area contributed by atoms with E-state index in [0.717, 1.165) is 29.4 Å². The van der Waals surface area contributed by atoms with Crippen molar-refractivity contribution in [1.29, 1.82) is 0 Å². The zero-order chi connectivity index (χ0) is 13.7. The zero-order valence-electron chi connectivity index (χ0n) is 11.5. The van der Waals surface area contributed by atoms with Crippen molar-refractivity contribution >= 4 is 10.8 Å². The van der Waals surface area contributed by atoms with Gasteiger partial charge in [-0.25, -0.2) is 0 Å². The SMILES string of the molecule is COCCC(C)NCc1c(O)ccc2ccccc12. The average Bonchev–Trinajstić information content (AvgIpc) is 2.44. The molecule has 0 amide bonds. The third kappa shape index (κ3) is 3.46. The molecule has 2 aromatic carbocycles. The summed E-state index contributed by atoms with van der Waals surface area (Å²) >= 11 is 0. The Kier molecular flexibility index (Phi) is 4.77. The van der Waals surface area contributed by atoms with Crippen LogP contribution in [0.1, 0.15) is 18.9 Å². The van der Waals surface area contributed by atoms with Gasteiger partial charge in [-0.3, -0.25) is 0 Å². The molecule has 0 aliphatic heterocycles. The van der Waals surface area contributed by atoms with Crippen LogP contribution >= 0.6 is 0 Å². The van der Waals surface area contributed by atoms with Gasteiger partial charge in [-0.2, -0.15) is 0 Å². The van der Waals surface area contributed by atoms with E-state index in [4.69, 9.17) is 4.74 Å². The van der Waals surface area contributed by atoms with Crippen LogP contribution < -0.4 is 5.32 Å². The van der Waals surface area contributed by atoms with Crippen molar-refractivity contribution < 1.29 is 9.84 Å². The van der Waals surface area contributed by atoms with Gasteiger partial charge in [-0.15, -0.1) is 0 Å². The van der Waals surface area contributed by atoms with Crippen molar-refractivity contribution in [3.63, 3.8) is 0 Å². The van der Waals surface area contributed by atoms with Crippen LogP contribution in [0, 0.1) is 0 Å². The highest BCUT2D eigenvalue weighted by Gasteiger charge is 2.08. The van der Waals surface area contributed by atoms with Crippen LogP contribution in [0.3, 0.4) is 0 Å². The Bertz CT molecular complexity index is 539. The maximum atomic E-state index is 10.0. The molecule has 102 valence electrons. The second kappa shape index (κ2) is 6.55. The lowest BCUT2D eigenvalue weighted by Gasteiger charge is -2.15. The third-order valence-electron chi connectivity index (χ3n) is 3.40. The molecule has 0 saturated carbocycles. The Hall–Kier alpha value is -1.58. The summed E-state index contributed by atoms with van der Waals surface area (Å²) in [6, 6.07) is 12.2. The van der Waals surface area contributed by atoms with E-state index in [0.29, 0.717) is 18.3 Å². The first-order valence-electron chi connectivity index (χ1n) is 6.64. The topological polar surface area (TPSA) is 41.5 Å². The molecule has 0 bridgehead atoms. The Balaban J connectivity index is 2.13. The van der Waals surface area contributed by atoms with Gasteiger partial charge in [0.25, 0.3) is 0 Å². The van der Waals surface area contributed by atoms with Gasteiger partial charge in [-0.05, 0) is 30.2 Å². The maximum absolute atomic E-state index is 10.0. The fourth-order valence-electron chi connectivity index (χ4n) is 2.18. The van der Waals surface area contributed by atoms with Crippen molar-refractivity contribution in [3.8, 4) is 5.75 Å². The average molecular weight is 259 g/mol. The monoisotopic (exact) mass is 259 g/mol. The summed E-state index contributed by atoms with van der Waals surface area (Å²) in [5.41, 5.74) is 0.961. The van der Waals surface area contributed by atoms with Crippen LogP contribution in [0.5, 0.6) is 5.75 Å². The van der Waals surface area contributed by atoms with E-state index >= 15 is 0 Å². The predicted octanol–water partition coefficient (Wildman–Crippen LogP) is 3.06. The molecule has 0 aromatic heterocycles. The van der Waals surface area contributed by atoms with Gasteiger partial charge in [-0.1, -0.05) is 30.3 Å². The molecule has 0 aliphatic rings. The highest BCUT2D eigenvalue weighted by Crippen LogP contribution is 2.26. The van der Waals surface area contributed by atoms with Gasteiger partial charge in [0, 0.05) is 31.9 Å². The summed E-state index contributed by atoms with van der Waals surface area (Å²) in [4.78, 5) is 0. The molecule has 2 N–H and O–H groups in total. The number of hydrogen-bond donors (Lipinski definition) is 2. The van der Waals surface area contributed by atoms with Crippen LogP contribution in [-0.4, -0.2) is 24.9 Å². The van der Waals surface area contributed by atoms with E-state index in [1.807, 2.05) is 24.3 Å². The summed E-state index contributed by atoms with van der Waals surface area (Å²) in [5, 5.41) is 15.7. The Morgan fingerprint density at radius 1 is 1.21 bits per heavy atom. The summed E-state index contributed by atoms with van der Waals surface area (Å²) in [7, 11) is 1.71. The molecule has 0 heterocycles. The lowest BCUT2D eigenvalue weighted by Crippen LogP contribution is -2.26. The van der Waals surface area contributed by atoms with Gasteiger partial charge in [0.1, 0.15) is 5.75 Å². The lowest BCUT2D eigenvalue weighted by molar-refractivity contribution is 0.184. The molecule has 0 spiro atoms. The number of hydrogen-bond acceptors (Lipinski definition) is 3. The normalized spacial score (nSPS) is 12.7. The quantitative estimate of drug-likeness (QED) is 0.837. The Morgan fingerprint density at radius 3 is 2.79 bits per heavy atom. The van der Waals surface area contributed by atoms with Crippen LogP contribution in [0.25, 0.3) is 10.8 Å². The molecule has 1 unspecified atom stereocenters. The molecule has 2 aromatic rings. The molecule has 1 atom stereocenters. The minimum absolute atomic E-state index is 0.352. The number of phenols is 1. The largest absolute Gasteiger partial charge is 0.508 e. The molecule has 3 heteroatoms. The van der Waals surface area contributed by atoms with Crippen LogP contribution in [0.15, 0.2) is 36.4 Å². The standard InChI is InChI=1S/C16H21NO2/c1-12(9-10-19-2)17-11-15-14-6-4-3-5-13(14)7-8-16(15)18/h3-8,12,17-18H,9-11H2,1-2H3. The third-order valence-corrected chi connectivity index (χ3v) is 3.40. The summed E-state index contributed by atoms with van der Waals surface area (Å²) in [6.07, 6.45) is 0.960. The molecule has 2 rings (SSSR count). The number of methoxy groups -OCH3 is 1.